The summed E-state index contributed by atoms with van der Waals surface area (Å²) in [6.45, 7) is 4.59. The Balaban J connectivity index is 1.79. The van der Waals surface area contributed by atoms with Crippen LogP contribution in [0.4, 0.5) is 0 Å². The molecule has 1 saturated heterocycles. The summed E-state index contributed by atoms with van der Waals surface area (Å²) < 4.78 is 55.1. The van der Waals surface area contributed by atoms with E-state index in [1.165, 1.54) is 28.6 Å². The van der Waals surface area contributed by atoms with E-state index in [1.54, 1.807) is 6.92 Å². The summed E-state index contributed by atoms with van der Waals surface area (Å²) in [5.74, 6) is 0.166. The number of benzene rings is 2. The number of nitrogens with one attached hydrogen (secondary N) is 1. The average molecular weight is 437 g/mol. The van der Waals surface area contributed by atoms with Crippen LogP contribution in [0.5, 0.6) is 0 Å². The van der Waals surface area contributed by atoms with Crippen LogP contribution >= 0.6 is 0 Å². The van der Waals surface area contributed by atoms with Crippen LogP contribution in [0.3, 0.4) is 0 Å². The Morgan fingerprint density at radius 3 is 2.24 bits per heavy atom. The zero-order valence-electron chi connectivity index (χ0n) is 16.8. The molecule has 1 fully saturated rings. The highest BCUT2D eigenvalue weighted by Crippen LogP contribution is 2.30. The summed E-state index contributed by atoms with van der Waals surface area (Å²) in [6, 6.07) is 15.2. The maximum absolute atomic E-state index is 13.1. The molecule has 0 aliphatic carbocycles. The second-order valence-corrected chi connectivity index (χ2v) is 11.2. The molecule has 0 unspecified atom stereocenters. The van der Waals surface area contributed by atoms with Crippen LogP contribution in [0, 0.1) is 0 Å². The highest BCUT2D eigenvalue weighted by molar-refractivity contribution is 7.89. The molecule has 1 heterocycles. The maximum atomic E-state index is 13.1. The van der Waals surface area contributed by atoms with Crippen molar-refractivity contribution in [1.82, 2.24) is 9.03 Å². The predicted molar refractivity (Wildman–Crippen MR) is 114 cm³/mol. The van der Waals surface area contributed by atoms with Gasteiger partial charge in [0.2, 0.25) is 20.0 Å². The fourth-order valence-electron chi connectivity index (χ4n) is 3.51. The monoisotopic (exact) mass is 436 g/mol. The number of nitrogens with zero attached hydrogens (tertiary/aromatic N) is 1. The van der Waals surface area contributed by atoms with Gasteiger partial charge in [0.25, 0.3) is 0 Å². The van der Waals surface area contributed by atoms with Gasteiger partial charge in [-0.3, -0.25) is 0 Å². The second kappa shape index (κ2) is 8.95. The lowest BCUT2D eigenvalue weighted by atomic mass is 9.92. The topological polar surface area (TPSA) is 83.5 Å². The molecule has 158 valence electrons. The summed E-state index contributed by atoms with van der Waals surface area (Å²) in [5.41, 5.74) is 1.14. The Kier molecular flexibility index (Phi) is 6.78. The summed E-state index contributed by atoms with van der Waals surface area (Å²) in [5, 5.41) is 0. The fourth-order valence-corrected chi connectivity index (χ4v) is 6.36. The maximum Gasteiger partial charge on any atom is 0.243 e. The minimum absolute atomic E-state index is 0.0672. The van der Waals surface area contributed by atoms with Crippen molar-refractivity contribution in [3.63, 3.8) is 0 Å². The molecule has 1 aliphatic heterocycles. The molecule has 8 heteroatoms. The molecule has 2 aromatic rings. The number of hydrogen-bond acceptors (Lipinski definition) is 4. The molecule has 1 N–H and O–H groups in total. The van der Waals surface area contributed by atoms with Gasteiger partial charge in [0.15, 0.2) is 0 Å². The Morgan fingerprint density at radius 1 is 1.00 bits per heavy atom. The van der Waals surface area contributed by atoms with Crippen molar-refractivity contribution in [2.24, 2.45) is 0 Å². The fraction of sp³-hybridized carbons (Fsp3) is 0.429. The Labute approximate surface area is 174 Å². The van der Waals surface area contributed by atoms with Gasteiger partial charge in [-0.1, -0.05) is 37.3 Å². The zero-order valence-corrected chi connectivity index (χ0v) is 18.4. The lowest BCUT2D eigenvalue weighted by Crippen LogP contribution is -2.39. The van der Waals surface area contributed by atoms with E-state index in [9.17, 15) is 16.8 Å². The third-order valence-corrected chi connectivity index (χ3v) is 8.88. The van der Waals surface area contributed by atoms with E-state index in [-0.39, 0.29) is 21.8 Å². The van der Waals surface area contributed by atoms with Crippen molar-refractivity contribution in [1.29, 1.82) is 0 Å². The van der Waals surface area contributed by atoms with Crippen molar-refractivity contribution >= 4 is 20.0 Å². The number of rotatable bonds is 7. The van der Waals surface area contributed by atoms with E-state index in [4.69, 9.17) is 0 Å². The van der Waals surface area contributed by atoms with Gasteiger partial charge in [-0.15, -0.1) is 0 Å². The molecule has 0 amide bonds. The molecule has 0 aromatic heterocycles. The minimum Gasteiger partial charge on any atom is -0.208 e. The summed E-state index contributed by atoms with van der Waals surface area (Å²) in [7, 11) is -7.34. The molecule has 0 saturated carbocycles. The van der Waals surface area contributed by atoms with Gasteiger partial charge in [0.05, 0.1) is 9.79 Å². The van der Waals surface area contributed by atoms with Gasteiger partial charge in [-0.2, -0.15) is 4.31 Å². The highest BCUT2D eigenvalue weighted by atomic mass is 32.2. The highest BCUT2D eigenvalue weighted by Gasteiger charge is 2.31. The third-order valence-electron chi connectivity index (χ3n) is 5.40. The molecule has 2 aromatic carbocycles. The van der Waals surface area contributed by atoms with E-state index < -0.39 is 20.0 Å². The summed E-state index contributed by atoms with van der Waals surface area (Å²) in [6.07, 6.45) is 2.42. The first kappa shape index (κ1) is 22.0. The van der Waals surface area contributed by atoms with Crippen LogP contribution in [0.2, 0.25) is 0 Å². The molecule has 0 bridgehead atoms. The first-order valence-corrected chi connectivity index (χ1v) is 12.8. The van der Waals surface area contributed by atoms with Crippen LogP contribution < -0.4 is 4.72 Å². The quantitative estimate of drug-likeness (QED) is 0.722. The largest absolute Gasteiger partial charge is 0.243 e. The van der Waals surface area contributed by atoms with Gasteiger partial charge in [0, 0.05) is 19.1 Å². The normalized spacial score (nSPS) is 19.7. The van der Waals surface area contributed by atoms with Crippen molar-refractivity contribution in [2.75, 3.05) is 13.1 Å². The van der Waals surface area contributed by atoms with E-state index in [0.29, 0.717) is 19.5 Å². The van der Waals surface area contributed by atoms with Gasteiger partial charge < -0.3 is 0 Å². The third kappa shape index (κ3) is 5.06. The van der Waals surface area contributed by atoms with Crippen LogP contribution in [0.25, 0.3) is 0 Å². The Bertz CT molecular complexity index is 1020. The smallest absolute Gasteiger partial charge is 0.208 e. The van der Waals surface area contributed by atoms with Crippen LogP contribution in [0.1, 0.15) is 44.6 Å². The number of sulfonamides is 2. The number of hydrogen-bond donors (Lipinski definition) is 1. The molecule has 3 rings (SSSR count). The van der Waals surface area contributed by atoms with Gasteiger partial charge in [-0.25, -0.2) is 21.6 Å². The van der Waals surface area contributed by atoms with Gasteiger partial charge >= 0.3 is 0 Å². The second-order valence-electron chi connectivity index (χ2n) is 7.51. The molecular formula is C21H28N2O4S2. The van der Waals surface area contributed by atoms with E-state index in [0.717, 1.165) is 18.4 Å². The molecule has 2 atom stereocenters. The molecular weight excluding hydrogens is 408 g/mol. The predicted octanol–water partition coefficient (Wildman–Crippen LogP) is 3.33. The number of piperidine rings is 1. The lowest BCUT2D eigenvalue weighted by Gasteiger charge is -2.32. The van der Waals surface area contributed by atoms with E-state index in [1.807, 2.05) is 37.3 Å². The molecule has 1 aliphatic rings. The van der Waals surface area contributed by atoms with Gasteiger partial charge in [-0.05, 0) is 61.9 Å². The first-order chi connectivity index (χ1) is 13.7. The molecule has 0 spiro atoms. The SMILES string of the molecule is CC[C@@H](C)NS(=O)(=O)c1ccc(S(=O)(=O)N2CCC[C@H](c3ccccc3)C2)cc1. The van der Waals surface area contributed by atoms with Crippen LogP contribution in [0.15, 0.2) is 64.4 Å². The summed E-state index contributed by atoms with van der Waals surface area (Å²) in [4.78, 5) is 0.186. The van der Waals surface area contributed by atoms with Crippen molar-refractivity contribution in [3.8, 4) is 0 Å². The molecule has 6 nitrogen and oxygen atoms in total. The Hall–Kier alpha value is -1.74. The van der Waals surface area contributed by atoms with E-state index in [2.05, 4.69) is 4.72 Å². The molecule has 29 heavy (non-hydrogen) atoms. The first-order valence-electron chi connectivity index (χ1n) is 9.91. The molecule has 0 radical (unpaired) electrons. The standard InChI is InChI=1S/C21H28N2O4S2/c1-3-17(2)22-28(24,25)20-11-13-21(14-12-20)29(26,27)23-15-7-10-19(16-23)18-8-5-4-6-9-18/h4-6,8-9,11-14,17,19,22H,3,7,10,15-16H2,1-2H3/t17-,19+/m1/s1. The van der Waals surface area contributed by atoms with Crippen molar-refractivity contribution in [3.05, 3.63) is 60.2 Å². The average Bonchev–Trinajstić information content (AvgIpc) is 2.74. The van der Waals surface area contributed by atoms with Crippen LogP contribution in [-0.2, 0) is 20.0 Å². The summed E-state index contributed by atoms with van der Waals surface area (Å²) >= 11 is 0. The van der Waals surface area contributed by atoms with E-state index >= 15 is 0 Å². The lowest BCUT2D eigenvalue weighted by molar-refractivity contribution is 0.315. The van der Waals surface area contributed by atoms with Crippen LogP contribution in [-0.4, -0.2) is 40.3 Å². The van der Waals surface area contributed by atoms with Crippen molar-refractivity contribution < 1.29 is 16.8 Å². The van der Waals surface area contributed by atoms with Crippen molar-refractivity contribution in [2.45, 2.75) is 54.9 Å². The Morgan fingerprint density at radius 2 is 1.62 bits per heavy atom. The minimum atomic E-state index is -3.67. The van der Waals surface area contributed by atoms with Gasteiger partial charge in [0.1, 0.15) is 0 Å². The zero-order chi connectivity index (χ0) is 21.1.